The number of aliphatic carboxylic acids is 1. The molecule has 1 heterocycles. The Morgan fingerprint density at radius 3 is 2.77 bits per heavy atom. The lowest BCUT2D eigenvalue weighted by atomic mass is 10.2. The molecular weight excluding hydrogens is 310 g/mol. The van der Waals surface area contributed by atoms with E-state index in [-0.39, 0.29) is 31.6 Å². The van der Waals surface area contributed by atoms with Crippen LogP contribution in [0.3, 0.4) is 0 Å². The van der Waals surface area contributed by atoms with E-state index < -0.39 is 12.0 Å². The number of hydrogen-bond acceptors (Lipinski definition) is 4. The highest BCUT2D eigenvalue weighted by Gasteiger charge is 2.39. The maximum absolute atomic E-state index is 12.2. The number of rotatable bonds is 5. The second-order valence-electron chi connectivity index (χ2n) is 5.19. The van der Waals surface area contributed by atoms with E-state index in [1.807, 2.05) is 6.92 Å². The molecule has 1 aromatic carbocycles. The van der Waals surface area contributed by atoms with Gasteiger partial charge in [-0.3, -0.25) is 4.79 Å². The molecule has 1 fully saturated rings. The highest BCUT2D eigenvalue weighted by Crippen LogP contribution is 2.23. The van der Waals surface area contributed by atoms with Gasteiger partial charge in [-0.1, -0.05) is 11.6 Å². The second-order valence-corrected chi connectivity index (χ2v) is 5.63. The first-order valence-electron chi connectivity index (χ1n) is 6.86. The normalized spacial score (nSPS) is 21.0. The Bertz CT molecular complexity index is 577. The Morgan fingerprint density at radius 2 is 2.18 bits per heavy atom. The lowest BCUT2D eigenvalue weighted by molar-refractivity contribution is -0.149. The molecule has 0 aromatic heterocycles. The number of likely N-dealkylation sites (tertiary alicyclic amines) is 1. The van der Waals surface area contributed by atoms with Crippen LogP contribution in [0.15, 0.2) is 18.2 Å². The number of halogens is 1. The van der Waals surface area contributed by atoms with Crippen molar-refractivity contribution in [2.24, 2.45) is 0 Å². The van der Waals surface area contributed by atoms with Gasteiger partial charge in [0.15, 0.2) is 6.61 Å². The molecule has 1 aliphatic heterocycles. The number of carbonyl (C=O) groups excluding carboxylic acids is 1. The van der Waals surface area contributed by atoms with E-state index in [1.54, 1.807) is 18.2 Å². The van der Waals surface area contributed by atoms with Gasteiger partial charge >= 0.3 is 5.97 Å². The molecule has 0 bridgehead atoms. The average molecular weight is 328 g/mol. The van der Waals surface area contributed by atoms with E-state index in [4.69, 9.17) is 21.1 Å². The number of carbonyl (C=O) groups is 2. The van der Waals surface area contributed by atoms with Gasteiger partial charge in [0.2, 0.25) is 0 Å². The number of ether oxygens (including phenoxy) is 2. The van der Waals surface area contributed by atoms with Gasteiger partial charge in [0, 0.05) is 25.1 Å². The molecule has 1 amide bonds. The molecule has 7 heteroatoms. The fourth-order valence-corrected chi connectivity index (χ4v) is 2.70. The van der Waals surface area contributed by atoms with Crippen LogP contribution in [0, 0.1) is 6.92 Å². The number of carboxylic acid groups (broad SMARTS) is 1. The number of carboxylic acids is 1. The lowest BCUT2D eigenvalue weighted by Crippen LogP contribution is -2.43. The molecule has 0 saturated carbocycles. The van der Waals surface area contributed by atoms with Crippen molar-refractivity contribution in [2.45, 2.75) is 25.5 Å². The van der Waals surface area contributed by atoms with E-state index in [1.165, 1.54) is 12.0 Å². The van der Waals surface area contributed by atoms with E-state index in [2.05, 4.69) is 0 Å². The summed E-state index contributed by atoms with van der Waals surface area (Å²) >= 11 is 5.86. The third kappa shape index (κ3) is 3.69. The lowest BCUT2D eigenvalue weighted by Gasteiger charge is -2.21. The molecule has 2 atom stereocenters. The largest absolute Gasteiger partial charge is 0.483 e. The summed E-state index contributed by atoms with van der Waals surface area (Å²) in [5, 5.41) is 9.79. The van der Waals surface area contributed by atoms with Crippen molar-refractivity contribution in [3.63, 3.8) is 0 Å². The highest BCUT2D eigenvalue weighted by molar-refractivity contribution is 6.30. The standard InChI is InChI=1S/C15H18ClNO5/c1-9-5-10(16)3-4-13(9)22-8-14(18)17-7-11(21-2)6-12(17)15(19)20/h3-5,11-12H,6-8H2,1-2H3,(H,19,20). The molecule has 0 spiro atoms. The first kappa shape index (κ1) is 16.6. The van der Waals surface area contributed by atoms with Crippen LogP contribution < -0.4 is 4.74 Å². The molecule has 1 saturated heterocycles. The van der Waals surface area contributed by atoms with Crippen molar-refractivity contribution in [3.8, 4) is 5.75 Å². The Kier molecular flexibility index (Phi) is 5.26. The van der Waals surface area contributed by atoms with Crippen LogP contribution in [0.4, 0.5) is 0 Å². The minimum atomic E-state index is -1.03. The van der Waals surface area contributed by atoms with E-state index in [9.17, 15) is 14.7 Å². The minimum absolute atomic E-state index is 0.220. The molecule has 2 rings (SSSR count). The summed E-state index contributed by atoms with van der Waals surface area (Å²) in [4.78, 5) is 24.8. The zero-order valence-electron chi connectivity index (χ0n) is 12.4. The molecule has 2 unspecified atom stereocenters. The molecule has 1 N–H and O–H groups in total. The quantitative estimate of drug-likeness (QED) is 0.891. The van der Waals surface area contributed by atoms with Crippen LogP contribution in [0.2, 0.25) is 5.02 Å². The maximum Gasteiger partial charge on any atom is 0.326 e. The van der Waals surface area contributed by atoms with Crippen molar-refractivity contribution in [3.05, 3.63) is 28.8 Å². The number of hydrogen-bond donors (Lipinski definition) is 1. The van der Waals surface area contributed by atoms with Gasteiger partial charge in [0.25, 0.3) is 5.91 Å². The molecule has 1 aromatic rings. The molecule has 0 aliphatic carbocycles. The van der Waals surface area contributed by atoms with Crippen LogP contribution in [0.1, 0.15) is 12.0 Å². The van der Waals surface area contributed by atoms with Gasteiger partial charge in [-0.05, 0) is 30.7 Å². The average Bonchev–Trinajstić information content (AvgIpc) is 2.90. The first-order chi connectivity index (χ1) is 10.4. The summed E-state index contributed by atoms with van der Waals surface area (Å²) in [6.45, 7) is 1.86. The molecule has 6 nitrogen and oxygen atoms in total. The van der Waals surface area contributed by atoms with Crippen LogP contribution in [-0.4, -0.2) is 54.3 Å². The Morgan fingerprint density at radius 1 is 1.45 bits per heavy atom. The van der Waals surface area contributed by atoms with E-state index >= 15 is 0 Å². The predicted octanol–water partition coefficient (Wildman–Crippen LogP) is 1.73. The Balaban J connectivity index is 2.00. The van der Waals surface area contributed by atoms with Crippen molar-refractivity contribution in [2.75, 3.05) is 20.3 Å². The SMILES string of the molecule is COC1CC(C(=O)O)N(C(=O)COc2ccc(Cl)cc2C)C1. The van der Waals surface area contributed by atoms with Gasteiger partial charge in [-0.2, -0.15) is 0 Å². The summed E-state index contributed by atoms with van der Waals surface area (Å²) in [5.41, 5.74) is 0.811. The van der Waals surface area contributed by atoms with E-state index in [0.29, 0.717) is 10.8 Å². The maximum atomic E-state index is 12.2. The van der Waals surface area contributed by atoms with E-state index in [0.717, 1.165) is 5.56 Å². The van der Waals surface area contributed by atoms with Gasteiger partial charge in [-0.15, -0.1) is 0 Å². The zero-order chi connectivity index (χ0) is 16.3. The van der Waals surface area contributed by atoms with Gasteiger partial charge in [0.1, 0.15) is 11.8 Å². The van der Waals surface area contributed by atoms with Crippen LogP contribution in [-0.2, 0) is 14.3 Å². The number of amides is 1. The fraction of sp³-hybridized carbons (Fsp3) is 0.467. The minimum Gasteiger partial charge on any atom is -0.483 e. The number of benzene rings is 1. The number of aryl methyl sites for hydroxylation is 1. The third-order valence-corrected chi connectivity index (χ3v) is 3.92. The molecule has 0 radical (unpaired) electrons. The van der Waals surface area contributed by atoms with Crippen molar-refractivity contribution >= 4 is 23.5 Å². The highest BCUT2D eigenvalue weighted by atomic mass is 35.5. The van der Waals surface area contributed by atoms with Gasteiger partial charge in [-0.25, -0.2) is 4.79 Å². The molecule has 22 heavy (non-hydrogen) atoms. The van der Waals surface area contributed by atoms with Crippen molar-refractivity contribution < 1.29 is 24.2 Å². The summed E-state index contributed by atoms with van der Waals surface area (Å²) in [5.74, 6) is -0.857. The molecular formula is C15H18ClNO5. The topological polar surface area (TPSA) is 76.1 Å². The summed E-state index contributed by atoms with van der Waals surface area (Å²) in [7, 11) is 1.51. The summed E-state index contributed by atoms with van der Waals surface area (Å²) in [6, 6.07) is 4.22. The fourth-order valence-electron chi connectivity index (χ4n) is 2.48. The summed E-state index contributed by atoms with van der Waals surface area (Å²) in [6.07, 6.45) is 0.0275. The third-order valence-electron chi connectivity index (χ3n) is 3.69. The molecule has 1 aliphatic rings. The predicted molar refractivity (Wildman–Crippen MR) is 80.2 cm³/mol. The van der Waals surface area contributed by atoms with Crippen LogP contribution in [0.25, 0.3) is 0 Å². The molecule has 120 valence electrons. The Hall–Kier alpha value is -1.79. The number of nitrogens with zero attached hydrogens (tertiary/aromatic N) is 1. The smallest absolute Gasteiger partial charge is 0.326 e. The monoisotopic (exact) mass is 327 g/mol. The van der Waals surface area contributed by atoms with Gasteiger partial charge < -0.3 is 19.5 Å². The van der Waals surface area contributed by atoms with Gasteiger partial charge in [0.05, 0.1) is 6.10 Å². The van der Waals surface area contributed by atoms with Crippen molar-refractivity contribution in [1.82, 2.24) is 4.90 Å². The number of methoxy groups -OCH3 is 1. The zero-order valence-corrected chi connectivity index (χ0v) is 13.2. The van der Waals surface area contributed by atoms with Crippen LogP contribution >= 0.6 is 11.6 Å². The summed E-state index contributed by atoms with van der Waals surface area (Å²) < 4.78 is 10.6. The first-order valence-corrected chi connectivity index (χ1v) is 7.24. The second kappa shape index (κ2) is 6.98. The Labute approximate surface area is 133 Å². The van der Waals surface area contributed by atoms with Crippen LogP contribution in [0.5, 0.6) is 5.75 Å². The van der Waals surface area contributed by atoms with Crippen molar-refractivity contribution in [1.29, 1.82) is 0 Å².